The molecule has 0 aliphatic carbocycles. The molecule has 0 radical (unpaired) electrons. The average Bonchev–Trinajstić information content (AvgIpc) is 2.73. The molecule has 1 fully saturated rings. The molecule has 0 amide bonds. The number of allylic oxidation sites excluding steroid dienone is 2. The van der Waals surface area contributed by atoms with Crippen LogP contribution in [0.15, 0.2) is 47.7 Å². The maximum absolute atomic E-state index is 6.50. The largest absolute Gasteiger partial charge is 0.299 e. The van der Waals surface area contributed by atoms with Crippen LogP contribution in [0.3, 0.4) is 0 Å². The summed E-state index contributed by atoms with van der Waals surface area (Å²) in [6.45, 7) is 2.12. The summed E-state index contributed by atoms with van der Waals surface area (Å²) in [5, 5.41) is 4.34. The van der Waals surface area contributed by atoms with E-state index in [9.17, 15) is 0 Å². The lowest BCUT2D eigenvalue weighted by atomic mass is 9.95. The Labute approximate surface area is 166 Å². The second-order valence-electron chi connectivity index (χ2n) is 6.68. The quantitative estimate of drug-likeness (QED) is 0.737. The van der Waals surface area contributed by atoms with Gasteiger partial charge in [0.15, 0.2) is 0 Å². The fraction of sp³-hybridized carbons (Fsp3) is 0.429. The first-order valence-electron chi connectivity index (χ1n) is 9.51. The minimum atomic E-state index is 0.105. The van der Waals surface area contributed by atoms with Crippen molar-refractivity contribution < 1.29 is 0 Å². The van der Waals surface area contributed by atoms with Gasteiger partial charge in [-0.15, -0.1) is 0 Å². The monoisotopic (exact) mass is 383 g/mol. The zero-order valence-corrected chi connectivity index (χ0v) is 16.7. The lowest BCUT2D eigenvalue weighted by molar-refractivity contribution is 0.316. The summed E-state index contributed by atoms with van der Waals surface area (Å²) in [6, 6.07) is 6.00. The van der Waals surface area contributed by atoms with Crippen LogP contribution >= 0.6 is 11.6 Å². The van der Waals surface area contributed by atoms with Gasteiger partial charge < -0.3 is 0 Å². The molecular weight excluding hydrogens is 358 g/mol. The normalized spacial score (nSPS) is 20.9. The van der Waals surface area contributed by atoms with E-state index >= 15 is 0 Å². The number of nitrogens with zero attached hydrogens (tertiary/aromatic N) is 4. The number of hydrogen-bond acceptors (Lipinski definition) is 5. The van der Waals surface area contributed by atoms with Gasteiger partial charge in [-0.2, -0.15) is 0 Å². The van der Waals surface area contributed by atoms with Crippen molar-refractivity contribution in [3.05, 3.63) is 65.0 Å². The van der Waals surface area contributed by atoms with Crippen molar-refractivity contribution in [3.8, 4) is 0 Å². The van der Waals surface area contributed by atoms with Gasteiger partial charge in [-0.3, -0.25) is 15.3 Å². The standard InChI is InChI=1S/C21H26ClN5/c1-3-4-7-15(23-2)14-16-10-11-17(22)20(26-16)18-8-5-9-19(27-18)21-24-12-6-13-25-21/h4,6-7,10-13,18-19,27H,3,5,8-9,14H2,1-2H3/b7-4-,23-15?. The molecule has 2 atom stereocenters. The van der Waals surface area contributed by atoms with Crippen LogP contribution in [0.25, 0.3) is 0 Å². The summed E-state index contributed by atoms with van der Waals surface area (Å²) in [7, 11) is 1.82. The summed E-state index contributed by atoms with van der Waals surface area (Å²) in [5.41, 5.74) is 2.91. The molecule has 0 spiro atoms. The summed E-state index contributed by atoms with van der Waals surface area (Å²) in [4.78, 5) is 18.0. The van der Waals surface area contributed by atoms with E-state index in [2.05, 4.69) is 39.4 Å². The Bertz CT molecular complexity index is 803. The smallest absolute Gasteiger partial charge is 0.145 e. The van der Waals surface area contributed by atoms with Crippen molar-refractivity contribution in [2.24, 2.45) is 4.99 Å². The van der Waals surface area contributed by atoms with Crippen molar-refractivity contribution in [2.45, 2.75) is 51.1 Å². The van der Waals surface area contributed by atoms with Gasteiger partial charge in [0.1, 0.15) is 5.82 Å². The summed E-state index contributed by atoms with van der Waals surface area (Å²) in [6.07, 6.45) is 12.6. The highest BCUT2D eigenvalue weighted by atomic mass is 35.5. The van der Waals surface area contributed by atoms with E-state index in [4.69, 9.17) is 16.6 Å². The summed E-state index contributed by atoms with van der Waals surface area (Å²) < 4.78 is 0. The molecule has 0 bridgehead atoms. The fourth-order valence-electron chi connectivity index (χ4n) is 3.34. The van der Waals surface area contributed by atoms with E-state index < -0.39 is 0 Å². The first-order chi connectivity index (χ1) is 13.2. The molecule has 2 aromatic rings. The van der Waals surface area contributed by atoms with Crippen LogP contribution in [0.4, 0.5) is 0 Å². The van der Waals surface area contributed by atoms with Gasteiger partial charge >= 0.3 is 0 Å². The number of nitrogens with one attached hydrogen (secondary N) is 1. The zero-order chi connectivity index (χ0) is 19.1. The third-order valence-corrected chi connectivity index (χ3v) is 5.06. The number of aliphatic imine (C=N–C) groups is 1. The number of piperidine rings is 1. The minimum absolute atomic E-state index is 0.105. The number of rotatable bonds is 6. The lowest BCUT2D eigenvalue weighted by Gasteiger charge is -2.30. The maximum Gasteiger partial charge on any atom is 0.145 e. The van der Waals surface area contributed by atoms with Crippen LogP contribution < -0.4 is 5.32 Å². The average molecular weight is 384 g/mol. The lowest BCUT2D eigenvalue weighted by Crippen LogP contribution is -2.32. The van der Waals surface area contributed by atoms with Crippen LogP contribution in [0.2, 0.25) is 5.02 Å². The van der Waals surface area contributed by atoms with Crippen LogP contribution in [-0.2, 0) is 6.42 Å². The number of pyridine rings is 1. The molecule has 2 aromatic heterocycles. The Morgan fingerprint density at radius 2 is 2.04 bits per heavy atom. The first kappa shape index (κ1) is 19.6. The Balaban J connectivity index is 1.78. The van der Waals surface area contributed by atoms with Gasteiger partial charge in [0.2, 0.25) is 0 Å². The molecule has 27 heavy (non-hydrogen) atoms. The molecule has 142 valence electrons. The molecule has 2 unspecified atom stereocenters. The third-order valence-electron chi connectivity index (χ3n) is 4.74. The molecule has 0 aromatic carbocycles. The molecule has 3 rings (SSSR count). The van der Waals surface area contributed by atoms with E-state index in [1.165, 1.54) is 0 Å². The van der Waals surface area contributed by atoms with Crippen molar-refractivity contribution >= 4 is 17.3 Å². The first-order valence-corrected chi connectivity index (χ1v) is 9.89. The highest BCUT2D eigenvalue weighted by Gasteiger charge is 2.27. The SMILES string of the molecule is CC/C=C\C(Cc1ccc(Cl)c(C2CCCC(c3ncccn3)N2)n1)=NC. The van der Waals surface area contributed by atoms with Gasteiger partial charge in [0, 0.05) is 37.3 Å². The van der Waals surface area contributed by atoms with Crippen molar-refractivity contribution in [1.29, 1.82) is 0 Å². The molecule has 5 nitrogen and oxygen atoms in total. The molecule has 6 heteroatoms. The van der Waals surface area contributed by atoms with Crippen LogP contribution in [0, 0.1) is 0 Å². The van der Waals surface area contributed by atoms with E-state index in [0.717, 1.165) is 48.6 Å². The van der Waals surface area contributed by atoms with Crippen molar-refractivity contribution in [3.63, 3.8) is 0 Å². The van der Waals surface area contributed by atoms with Gasteiger partial charge in [0.05, 0.1) is 22.8 Å². The Morgan fingerprint density at radius 3 is 2.78 bits per heavy atom. The molecule has 3 heterocycles. The highest BCUT2D eigenvalue weighted by molar-refractivity contribution is 6.31. The number of hydrogen-bond donors (Lipinski definition) is 1. The molecule has 1 N–H and O–H groups in total. The Hall–Kier alpha value is -2.11. The molecule has 1 aliphatic heterocycles. The number of halogens is 1. The molecule has 0 saturated carbocycles. The minimum Gasteiger partial charge on any atom is -0.299 e. The Morgan fingerprint density at radius 1 is 1.26 bits per heavy atom. The van der Waals surface area contributed by atoms with E-state index in [-0.39, 0.29) is 12.1 Å². The maximum atomic E-state index is 6.50. The van der Waals surface area contributed by atoms with E-state index in [1.807, 2.05) is 25.2 Å². The summed E-state index contributed by atoms with van der Waals surface area (Å²) >= 11 is 6.50. The van der Waals surface area contributed by atoms with E-state index in [0.29, 0.717) is 11.4 Å². The highest BCUT2D eigenvalue weighted by Crippen LogP contribution is 2.33. The fourth-order valence-corrected chi connectivity index (χ4v) is 3.58. The van der Waals surface area contributed by atoms with Crippen LogP contribution in [-0.4, -0.2) is 27.7 Å². The van der Waals surface area contributed by atoms with Crippen LogP contribution in [0.1, 0.15) is 61.9 Å². The van der Waals surface area contributed by atoms with Crippen molar-refractivity contribution in [2.75, 3.05) is 7.05 Å². The topological polar surface area (TPSA) is 63.1 Å². The van der Waals surface area contributed by atoms with Crippen LogP contribution in [0.5, 0.6) is 0 Å². The second kappa shape index (κ2) is 9.72. The molecule has 1 aliphatic rings. The molecular formula is C21H26ClN5. The van der Waals surface area contributed by atoms with Gasteiger partial charge in [0.25, 0.3) is 0 Å². The molecule has 1 saturated heterocycles. The van der Waals surface area contributed by atoms with Gasteiger partial charge in [-0.25, -0.2) is 9.97 Å². The third kappa shape index (κ3) is 5.21. The van der Waals surface area contributed by atoms with Gasteiger partial charge in [-0.1, -0.05) is 24.6 Å². The Kier molecular flexibility index (Phi) is 7.07. The number of aromatic nitrogens is 3. The van der Waals surface area contributed by atoms with Crippen molar-refractivity contribution in [1.82, 2.24) is 20.3 Å². The summed E-state index contributed by atoms with van der Waals surface area (Å²) in [5.74, 6) is 0.833. The van der Waals surface area contributed by atoms with Gasteiger partial charge in [-0.05, 0) is 50.0 Å². The second-order valence-corrected chi connectivity index (χ2v) is 7.09. The zero-order valence-electron chi connectivity index (χ0n) is 15.9. The predicted octanol–water partition coefficient (Wildman–Crippen LogP) is 4.66. The predicted molar refractivity (Wildman–Crippen MR) is 110 cm³/mol. The van der Waals surface area contributed by atoms with E-state index in [1.54, 1.807) is 12.4 Å².